The van der Waals surface area contributed by atoms with Crippen molar-refractivity contribution < 1.29 is 0 Å². The van der Waals surface area contributed by atoms with E-state index in [1.54, 1.807) is 6.33 Å². The van der Waals surface area contributed by atoms with E-state index in [0.29, 0.717) is 6.04 Å². The second-order valence-electron chi connectivity index (χ2n) is 3.27. The summed E-state index contributed by atoms with van der Waals surface area (Å²) in [5.41, 5.74) is 0. The molecule has 0 bridgehead atoms. The Hall–Kier alpha value is -0.970. The fourth-order valence-corrected chi connectivity index (χ4v) is 2.08. The van der Waals surface area contributed by atoms with E-state index in [1.807, 2.05) is 4.68 Å². The summed E-state index contributed by atoms with van der Waals surface area (Å²) in [6.45, 7) is 2.27. The highest BCUT2D eigenvalue weighted by atomic mass is 15.5. The van der Waals surface area contributed by atoms with Gasteiger partial charge < -0.3 is 5.32 Å². The zero-order valence-electron chi connectivity index (χ0n) is 6.01. The molecule has 3 atom stereocenters. The van der Waals surface area contributed by atoms with Gasteiger partial charge in [-0.25, -0.2) is 4.68 Å². The maximum atomic E-state index is 3.89. The molecule has 58 valence electrons. The maximum Gasteiger partial charge on any atom is 0.138 e. The molecule has 0 radical (unpaired) electrons. The molecule has 0 aromatic carbocycles. The van der Waals surface area contributed by atoms with Crippen LogP contribution in [-0.2, 0) is 0 Å². The van der Waals surface area contributed by atoms with Crippen LogP contribution >= 0.6 is 0 Å². The second kappa shape index (κ2) is 1.79. The van der Waals surface area contributed by atoms with E-state index in [4.69, 9.17) is 0 Å². The van der Waals surface area contributed by atoms with Crippen LogP contribution in [0.4, 0.5) is 0 Å². The van der Waals surface area contributed by atoms with Crippen LogP contribution in [0.5, 0.6) is 0 Å². The number of nitrogens with zero attached hydrogens (tertiary/aromatic N) is 4. The van der Waals surface area contributed by atoms with E-state index in [2.05, 4.69) is 20.8 Å². The third-order valence-electron chi connectivity index (χ3n) is 2.72. The second-order valence-corrected chi connectivity index (χ2v) is 3.27. The molecule has 11 heavy (non-hydrogen) atoms. The SMILES string of the molecule is c1nnnn1[C@H]1[C@@H]2CNC[C@@H]21. The van der Waals surface area contributed by atoms with Crippen LogP contribution in [0.15, 0.2) is 6.33 Å². The van der Waals surface area contributed by atoms with E-state index in [-0.39, 0.29) is 0 Å². The predicted octanol–water partition coefficient (Wildman–Crippen LogP) is -0.937. The van der Waals surface area contributed by atoms with Gasteiger partial charge in [0.2, 0.25) is 0 Å². The Morgan fingerprint density at radius 1 is 1.36 bits per heavy atom. The van der Waals surface area contributed by atoms with Gasteiger partial charge in [0.1, 0.15) is 6.33 Å². The number of hydrogen-bond donors (Lipinski definition) is 1. The Labute approximate surface area is 63.8 Å². The highest BCUT2D eigenvalue weighted by Gasteiger charge is 2.54. The molecule has 0 unspecified atom stereocenters. The Bertz CT molecular complexity index is 246. The van der Waals surface area contributed by atoms with E-state index in [0.717, 1.165) is 24.9 Å². The number of hydrogen-bond acceptors (Lipinski definition) is 4. The Morgan fingerprint density at radius 2 is 2.18 bits per heavy atom. The monoisotopic (exact) mass is 151 g/mol. The van der Waals surface area contributed by atoms with Gasteiger partial charge in [-0.05, 0) is 10.4 Å². The van der Waals surface area contributed by atoms with Crippen molar-refractivity contribution in [2.45, 2.75) is 6.04 Å². The first-order valence-corrected chi connectivity index (χ1v) is 3.90. The molecule has 0 amide bonds. The molecule has 1 saturated heterocycles. The van der Waals surface area contributed by atoms with Crippen LogP contribution < -0.4 is 5.32 Å². The van der Waals surface area contributed by atoms with E-state index in [1.165, 1.54) is 0 Å². The summed E-state index contributed by atoms with van der Waals surface area (Å²) in [6, 6.07) is 0.589. The lowest BCUT2D eigenvalue weighted by Crippen LogP contribution is -2.16. The smallest absolute Gasteiger partial charge is 0.138 e. The van der Waals surface area contributed by atoms with Crippen LogP contribution in [0.3, 0.4) is 0 Å². The van der Waals surface area contributed by atoms with Gasteiger partial charge in [-0.15, -0.1) is 5.10 Å². The number of tetrazole rings is 1. The van der Waals surface area contributed by atoms with Crippen LogP contribution in [0, 0.1) is 11.8 Å². The van der Waals surface area contributed by atoms with Crippen molar-refractivity contribution >= 4 is 0 Å². The van der Waals surface area contributed by atoms with Crippen molar-refractivity contribution in [2.24, 2.45) is 11.8 Å². The first-order valence-electron chi connectivity index (χ1n) is 3.90. The zero-order valence-corrected chi connectivity index (χ0v) is 6.01. The predicted molar refractivity (Wildman–Crippen MR) is 36.7 cm³/mol. The molecule has 1 aromatic heterocycles. The Kier molecular flexibility index (Phi) is 0.920. The van der Waals surface area contributed by atoms with Crippen LogP contribution in [0.1, 0.15) is 6.04 Å². The first kappa shape index (κ1) is 5.65. The van der Waals surface area contributed by atoms with Crippen molar-refractivity contribution in [2.75, 3.05) is 13.1 Å². The summed E-state index contributed by atoms with van der Waals surface area (Å²) < 4.78 is 1.89. The van der Waals surface area contributed by atoms with Gasteiger partial charge in [-0.1, -0.05) is 0 Å². The average Bonchev–Trinajstić information content (AvgIpc) is 2.57. The van der Waals surface area contributed by atoms with Gasteiger partial charge in [0.05, 0.1) is 6.04 Å². The molecule has 1 aliphatic carbocycles. The minimum absolute atomic E-state index is 0.589. The molecule has 5 nitrogen and oxygen atoms in total. The van der Waals surface area contributed by atoms with Crippen LogP contribution in [-0.4, -0.2) is 33.3 Å². The van der Waals surface area contributed by atoms with Crippen molar-refractivity contribution in [1.82, 2.24) is 25.5 Å². The summed E-state index contributed by atoms with van der Waals surface area (Å²) in [5.74, 6) is 1.58. The maximum absolute atomic E-state index is 3.89. The van der Waals surface area contributed by atoms with Crippen molar-refractivity contribution in [1.29, 1.82) is 0 Å². The summed E-state index contributed by atoms with van der Waals surface area (Å²) >= 11 is 0. The molecule has 0 spiro atoms. The molecule has 1 aliphatic heterocycles. The Balaban J connectivity index is 1.85. The minimum atomic E-state index is 0.589. The fourth-order valence-electron chi connectivity index (χ4n) is 2.08. The highest BCUT2D eigenvalue weighted by molar-refractivity contribution is 5.06. The fraction of sp³-hybridized carbons (Fsp3) is 0.833. The summed E-state index contributed by atoms with van der Waals surface area (Å²) in [7, 11) is 0. The standard InChI is InChI=1S/C6H9N5/c1-4-5(2-7-1)6(4)11-3-8-9-10-11/h3-7H,1-2H2/t4-,5+,6+. The van der Waals surface area contributed by atoms with Gasteiger partial charge in [0, 0.05) is 24.9 Å². The number of aromatic nitrogens is 4. The molecule has 2 aliphatic rings. The number of fused-ring (bicyclic) bond motifs is 1. The van der Waals surface area contributed by atoms with Gasteiger partial charge in [-0.2, -0.15) is 0 Å². The topological polar surface area (TPSA) is 55.6 Å². The largest absolute Gasteiger partial charge is 0.316 e. The van der Waals surface area contributed by atoms with Crippen LogP contribution in [0.25, 0.3) is 0 Å². The molecular formula is C6H9N5. The van der Waals surface area contributed by atoms with Gasteiger partial charge in [0.25, 0.3) is 0 Å². The molecule has 2 heterocycles. The quantitative estimate of drug-likeness (QED) is 0.563. The number of nitrogens with one attached hydrogen (secondary N) is 1. The number of piperidine rings is 1. The average molecular weight is 151 g/mol. The molecular weight excluding hydrogens is 142 g/mol. The lowest BCUT2D eigenvalue weighted by molar-refractivity contribution is 0.509. The lowest BCUT2D eigenvalue weighted by Gasteiger charge is -2.01. The third kappa shape index (κ3) is 0.659. The first-order chi connectivity index (χ1) is 5.47. The lowest BCUT2D eigenvalue weighted by atomic mass is 10.4. The minimum Gasteiger partial charge on any atom is -0.316 e. The van der Waals surface area contributed by atoms with Gasteiger partial charge >= 0.3 is 0 Å². The van der Waals surface area contributed by atoms with Gasteiger partial charge in [-0.3, -0.25) is 0 Å². The molecule has 5 heteroatoms. The van der Waals surface area contributed by atoms with Crippen LogP contribution in [0.2, 0.25) is 0 Å². The van der Waals surface area contributed by atoms with E-state index >= 15 is 0 Å². The summed E-state index contributed by atoms with van der Waals surface area (Å²) in [5, 5.41) is 14.5. The molecule has 1 aromatic rings. The third-order valence-corrected chi connectivity index (χ3v) is 2.72. The molecule has 3 rings (SSSR count). The zero-order chi connectivity index (χ0) is 7.26. The van der Waals surface area contributed by atoms with Gasteiger partial charge in [0.15, 0.2) is 0 Å². The normalized spacial score (nSPS) is 40.5. The number of rotatable bonds is 1. The van der Waals surface area contributed by atoms with Crippen molar-refractivity contribution in [3.63, 3.8) is 0 Å². The summed E-state index contributed by atoms with van der Waals surface area (Å²) in [4.78, 5) is 0. The Morgan fingerprint density at radius 3 is 2.82 bits per heavy atom. The molecule has 2 fully saturated rings. The van der Waals surface area contributed by atoms with Crippen molar-refractivity contribution in [3.8, 4) is 0 Å². The van der Waals surface area contributed by atoms with E-state index in [9.17, 15) is 0 Å². The molecule has 1 saturated carbocycles. The van der Waals surface area contributed by atoms with Crippen molar-refractivity contribution in [3.05, 3.63) is 6.33 Å². The summed E-state index contributed by atoms with van der Waals surface area (Å²) in [6.07, 6.45) is 1.71. The van der Waals surface area contributed by atoms with E-state index < -0.39 is 0 Å². The highest BCUT2D eigenvalue weighted by Crippen LogP contribution is 2.51. The molecule has 1 N–H and O–H groups in total.